The van der Waals surface area contributed by atoms with Gasteiger partial charge in [0.25, 0.3) is 0 Å². The van der Waals surface area contributed by atoms with Crippen molar-refractivity contribution in [1.29, 1.82) is 0 Å². The van der Waals surface area contributed by atoms with Crippen molar-refractivity contribution in [2.45, 2.75) is 31.9 Å². The van der Waals surface area contributed by atoms with E-state index in [1.807, 2.05) is 0 Å². The molecule has 1 aromatic carbocycles. The second-order valence-electron chi connectivity index (χ2n) is 4.54. The van der Waals surface area contributed by atoms with Crippen LogP contribution in [0.4, 0.5) is 0 Å². The van der Waals surface area contributed by atoms with E-state index in [-0.39, 0.29) is 18.8 Å². The Kier molecular flexibility index (Phi) is 6.10. The molecule has 0 radical (unpaired) electrons. The summed E-state index contributed by atoms with van der Waals surface area (Å²) in [5, 5.41) is 19.0. The highest BCUT2D eigenvalue weighted by atomic mass is 35.5. The number of aliphatic hydroxyl groups is 1. The largest absolute Gasteiger partial charge is 0.481 e. The fourth-order valence-corrected chi connectivity index (χ4v) is 1.73. The molecule has 0 spiro atoms. The van der Waals surface area contributed by atoms with Crippen LogP contribution in [0.25, 0.3) is 0 Å². The van der Waals surface area contributed by atoms with Gasteiger partial charge in [-0.2, -0.15) is 0 Å². The molecule has 1 atom stereocenters. The van der Waals surface area contributed by atoms with Crippen LogP contribution in [0.3, 0.4) is 0 Å². The minimum absolute atomic E-state index is 0. The smallest absolute Gasteiger partial charge is 0.305 e. The number of rotatable bonds is 4. The molecule has 4 nitrogen and oxygen atoms in total. The fraction of sp³-hybridized carbons (Fsp3) is 0.417. The van der Waals surface area contributed by atoms with E-state index in [9.17, 15) is 9.90 Å². The molecule has 0 aromatic heterocycles. The molecule has 102 valence electrons. The summed E-state index contributed by atoms with van der Waals surface area (Å²) in [5.41, 5.74) is 5.94. The molecule has 0 saturated heterocycles. The van der Waals surface area contributed by atoms with Gasteiger partial charge in [-0.25, -0.2) is 0 Å². The summed E-state index contributed by atoms with van der Waals surface area (Å²) in [6.45, 7) is 3.26. The highest BCUT2D eigenvalue weighted by molar-refractivity contribution is 6.30. The van der Waals surface area contributed by atoms with Crippen molar-refractivity contribution < 1.29 is 15.0 Å². The number of carbonyl (C=O) groups is 1. The first-order chi connectivity index (χ1) is 7.70. The third-order valence-corrected chi connectivity index (χ3v) is 2.67. The molecule has 1 rings (SSSR count). The second kappa shape index (κ2) is 6.38. The number of benzene rings is 1. The number of carboxylic acid groups (broad SMARTS) is 1. The van der Waals surface area contributed by atoms with Crippen LogP contribution >= 0.6 is 24.0 Å². The molecule has 0 fully saturated rings. The average molecular weight is 294 g/mol. The Balaban J connectivity index is 0.00000289. The molecule has 0 aliphatic rings. The van der Waals surface area contributed by atoms with Gasteiger partial charge >= 0.3 is 5.97 Å². The molecule has 0 amide bonds. The average Bonchev–Trinajstić information content (AvgIpc) is 2.14. The van der Waals surface area contributed by atoms with Crippen molar-refractivity contribution in [2.75, 3.05) is 0 Å². The van der Waals surface area contributed by atoms with Gasteiger partial charge in [-0.1, -0.05) is 17.7 Å². The summed E-state index contributed by atoms with van der Waals surface area (Å²) in [5.74, 6) is -0.970. The van der Waals surface area contributed by atoms with Crippen molar-refractivity contribution in [2.24, 2.45) is 5.73 Å². The van der Waals surface area contributed by atoms with Gasteiger partial charge in [0.1, 0.15) is 0 Å². The van der Waals surface area contributed by atoms with Crippen molar-refractivity contribution in [3.8, 4) is 0 Å². The molecule has 0 aliphatic heterocycles. The van der Waals surface area contributed by atoms with Crippen LogP contribution in [-0.2, 0) is 10.4 Å². The van der Waals surface area contributed by atoms with E-state index in [0.29, 0.717) is 16.1 Å². The first-order valence-corrected chi connectivity index (χ1v) is 5.58. The Morgan fingerprint density at radius 3 is 2.44 bits per heavy atom. The van der Waals surface area contributed by atoms with E-state index in [2.05, 4.69) is 0 Å². The number of halogens is 2. The van der Waals surface area contributed by atoms with Gasteiger partial charge in [0.15, 0.2) is 0 Å². The molecule has 0 aliphatic carbocycles. The zero-order chi connectivity index (χ0) is 13.2. The zero-order valence-corrected chi connectivity index (χ0v) is 11.8. The van der Waals surface area contributed by atoms with Crippen molar-refractivity contribution in [3.05, 3.63) is 34.3 Å². The lowest BCUT2D eigenvalue weighted by Crippen LogP contribution is -2.19. The van der Waals surface area contributed by atoms with Crippen LogP contribution in [-0.4, -0.2) is 16.2 Å². The van der Waals surface area contributed by atoms with E-state index in [1.165, 1.54) is 0 Å². The topological polar surface area (TPSA) is 83.5 Å². The number of nitrogens with two attached hydrogens (primary N) is 1. The lowest BCUT2D eigenvalue weighted by molar-refractivity contribution is -0.137. The minimum Gasteiger partial charge on any atom is -0.481 e. The van der Waals surface area contributed by atoms with Crippen LogP contribution in [0.2, 0.25) is 5.02 Å². The van der Waals surface area contributed by atoms with Gasteiger partial charge in [0.2, 0.25) is 0 Å². The van der Waals surface area contributed by atoms with Crippen molar-refractivity contribution in [3.63, 3.8) is 0 Å². The first-order valence-electron chi connectivity index (χ1n) is 5.21. The molecule has 0 bridgehead atoms. The molecule has 4 N–H and O–H groups in total. The van der Waals surface area contributed by atoms with Crippen molar-refractivity contribution in [1.82, 2.24) is 0 Å². The normalized spacial score (nSPS) is 12.7. The Morgan fingerprint density at radius 2 is 2.00 bits per heavy atom. The van der Waals surface area contributed by atoms with E-state index >= 15 is 0 Å². The highest BCUT2D eigenvalue weighted by Gasteiger charge is 2.19. The molecule has 0 heterocycles. The second-order valence-corrected chi connectivity index (χ2v) is 4.97. The highest BCUT2D eigenvalue weighted by Crippen LogP contribution is 2.27. The van der Waals surface area contributed by atoms with Gasteiger partial charge in [-0.05, 0) is 37.1 Å². The predicted octanol–water partition coefficient (Wildman–Crippen LogP) is 2.46. The lowest BCUT2D eigenvalue weighted by Gasteiger charge is -2.20. The van der Waals surface area contributed by atoms with E-state index < -0.39 is 17.6 Å². The van der Waals surface area contributed by atoms with Crippen LogP contribution in [0.15, 0.2) is 18.2 Å². The Morgan fingerprint density at radius 1 is 1.44 bits per heavy atom. The predicted molar refractivity (Wildman–Crippen MR) is 73.1 cm³/mol. The number of hydrogen-bond donors (Lipinski definition) is 3. The summed E-state index contributed by atoms with van der Waals surface area (Å²) in [6, 6.07) is 4.30. The van der Waals surface area contributed by atoms with Crippen LogP contribution in [0.1, 0.15) is 37.4 Å². The van der Waals surface area contributed by atoms with Gasteiger partial charge in [-0.3, -0.25) is 4.79 Å². The summed E-state index contributed by atoms with van der Waals surface area (Å²) < 4.78 is 0. The van der Waals surface area contributed by atoms with Gasteiger partial charge < -0.3 is 15.9 Å². The number of aliphatic carboxylic acids is 1. The van der Waals surface area contributed by atoms with Gasteiger partial charge in [0, 0.05) is 11.1 Å². The van der Waals surface area contributed by atoms with E-state index in [1.54, 1.807) is 32.0 Å². The molecule has 0 saturated carbocycles. The zero-order valence-electron chi connectivity index (χ0n) is 10.2. The maximum atomic E-state index is 10.6. The summed E-state index contributed by atoms with van der Waals surface area (Å²) in [6.07, 6.45) is -0.175. The maximum Gasteiger partial charge on any atom is 0.305 e. The van der Waals surface area contributed by atoms with Crippen LogP contribution < -0.4 is 5.73 Å². The summed E-state index contributed by atoms with van der Waals surface area (Å²) in [4.78, 5) is 10.6. The molecular weight excluding hydrogens is 277 g/mol. The molecule has 18 heavy (non-hydrogen) atoms. The van der Waals surface area contributed by atoms with Crippen LogP contribution in [0.5, 0.6) is 0 Å². The lowest BCUT2D eigenvalue weighted by atomic mass is 9.94. The number of carboxylic acids is 1. The first kappa shape index (κ1) is 17.2. The third kappa shape index (κ3) is 4.82. The maximum absolute atomic E-state index is 10.6. The summed E-state index contributed by atoms with van der Waals surface area (Å²) in [7, 11) is 0. The minimum atomic E-state index is -1.04. The van der Waals surface area contributed by atoms with Crippen LogP contribution in [0, 0.1) is 0 Å². The van der Waals surface area contributed by atoms with Gasteiger partial charge in [0.05, 0.1) is 12.0 Å². The number of hydrogen-bond acceptors (Lipinski definition) is 3. The summed E-state index contributed by atoms with van der Waals surface area (Å²) >= 11 is 5.92. The third-order valence-electron chi connectivity index (χ3n) is 2.45. The fourth-order valence-electron chi connectivity index (χ4n) is 1.49. The van der Waals surface area contributed by atoms with E-state index in [4.69, 9.17) is 22.4 Å². The molecule has 1 unspecified atom stereocenters. The molecular formula is C12H17Cl2NO3. The molecule has 6 heteroatoms. The Hall–Kier alpha value is -0.810. The van der Waals surface area contributed by atoms with E-state index in [0.717, 1.165) is 0 Å². The quantitative estimate of drug-likeness (QED) is 0.796. The van der Waals surface area contributed by atoms with Gasteiger partial charge in [-0.15, -0.1) is 12.4 Å². The standard InChI is InChI=1S/C12H16ClNO3.ClH/c1-12(2,17)8-3-7(4-9(13)5-8)10(14)6-11(15)16;/h3-5,10,17H,6,14H2,1-2H3,(H,15,16);1H. The Bertz CT molecular complexity index is 430. The molecule has 1 aromatic rings. The monoisotopic (exact) mass is 293 g/mol. The van der Waals surface area contributed by atoms with Crippen molar-refractivity contribution >= 4 is 30.0 Å². The Labute approximate surface area is 117 Å². The SMILES string of the molecule is CC(C)(O)c1cc(Cl)cc(C(N)CC(=O)O)c1.Cl.